The molecule has 32 heavy (non-hydrogen) atoms. The smallest absolute Gasteiger partial charge is 0.265 e. The van der Waals surface area contributed by atoms with Gasteiger partial charge in [0.05, 0.1) is 36.3 Å². The molecule has 1 aromatic heterocycles. The number of methoxy groups -OCH3 is 2. The molecule has 0 saturated heterocycles. The Bertz CT molecular complexity index is 1190. The topological polar surface area (TPSA) is 90.0 Å². The predicted molar refractivity (Wildman–Crippen MR) is 123 cm³/mol. The number of aromatic nitrogens is 1. The fourth-order valence-electron chi connectivity index (χ4n) is 3.55. The van der Waals surface area contributed by atoms with Crippen molar-refractivity contribution in [2.45, 2.75) is 13.8 Å². The number of amides is 2. The van der Waals surface area contributed by atoms with E-state index in [4.69, 9.17) is 14.2 Å². The number of fused-ring (bicyclic) bond motifs is 1. The number of anilines is 2. The molecule has 0 atom stereocenters. The van der Waals surface area contributed by atoms with Gasteiger partial charge >= 0.3 is 0 Å². The summed E-state index contributed by atoms with van der Waals surface area (Å²) >= 11 is 1.61. The van der Waals surface area contributed by atoms with Gasteiger partial charge in [0.25, 0.3) is 5.91 Å². The van der Waals surface area contributed by atoms with Crippen LogP contribution in [0.1, 0.15) is 9.88 Å². The van der Waals surface area contributed by atoms with Crippen molar-refractivity contribution < 1.29 is 23.8 Å². The van der Waals surface area contributed by atoms with E-state index in [1.54, 1.807) is 36.6 Å². The minimum absolute atomic E-state index is 0.125. The fourth-order valence-corrected chi connectivity index (χ4v) is 4.39. The van der Waals surface area contributed by atoms with Crippen LogP contribution in [-0.2, 0) is 9.59 Å². The molecule has 166 valence electrons. The van der Waals surface area contributed by atoms with Crippen molar-refractivity contribution in [3.8, 4) is 28.5 Å². The summed E-state index contributed by atoms with van der Waals surface area (Å²) in [6.07, 6.45) is 0. The molecule has 2 amide bonds. The molecule has 2 heterocycles. The van der Waals surface area contributed by atoms with Gasteiger partial charge in [0.2, 0.25) is 5.91 Å². The minimum Gasteiger partial charge on any atom is -0.497 e. The van der Waals surface area contributed by atoms with Gasteiger partial charge in [-0.2, -0.15) is 0 Å². The number of nitrogens with zero attached hydrogens (tertiary/aromatic N) is 2. The molecule has 0 bridgehead atoms. The number of hydrogen-bond acceptors (Lipinski definition) is 7. The molecule has 3 aromatic rings. The van der Waals surface area contributed by atoms with E-state index >= 15 is 0 Å². The van der Waals surface area contributed by atoms with E-state index in [2.05, 4.69) is 10.3 Å². The quantitative estimate of drug-likeness (QED) is 0.611. The second-order valence-corrected chi connectivity index (χ2v) is 8.61. The first-order valence-electron chi connectivity index (χ1n) is 9.93. The number of carbonyl (C=O) groups is 2. The van der Waals surface area contributed by atoms with Crippen molar-refractivity contribution in [1.82, 2.24) is 4.98 Å². The molecule has 0 radical (unpaired) electrons. The Balaban J connectivity index is 1.59. The van der Waals surface area contributed by atoms with Crippen LogP contribution in [0.3, 0.4) is 0 Å². The normalized spacial score (nSPS) is 12.8. The van der Waals surface area contributed by atoms with Crippen LogP contribution in [0.2, 0.25) is 0 Å². The average Bonchev–Trinajstić information content (AvgIpc) is 3.13. The second kappa shape index (κ2) is 8.88. The summed E-state index contributed by atoms with van der Waals surface area (Å²) in [5, 5.41) is 3.77. The third kappa shape index (κ3) is 4.24. The fraction of sp³-hybridized carbons (Fsp3) is 0.261. The standard InChI is InChI=1S/C23H23N3O5S/c1-13-23(24-14(2)32-13)15-5-8-19-18(9-15)26(22(28)12-31-19)11-21(27)25-17-7-6-16(29-3)10-20(17)30-4/h5-10H,11-12H2,1-4H3,(H,25,27). The summed E-state index contributed by atoms with van der Waals surface area (Å²) in [6, 6.07) is 10.7. The predicted octanol–water partition coefficient (Wildman–Crippen LogP) is 3.81. The number of aryl methyl sites for hydroxylation is 2. The molecular formula is C23H23N3O5S. The van der Waals surface area contributed by atoms with Gasteiger partial charge < -0.3 is 19.5 Å². The van der Waals surface area contributed by atoms with Gasteiger partial charge in [-0.25, -0.2) is 4.98 Å². The monoisotopic (exact) mass is 453 g/mol. The molecule has 1 aliphatic rings. The van der Waals surface area contributed by atoms with Gasteiger partial charge in [-0.1, -0.05) is 0 Å². The van der Waals surface area contributed by atoms with Crippen LogP contribution in [0.4, 0.5) is 11.4 Å². The lowest BCUT2D eigenvalue weighted by Gasteiger charge is -2.29. The lowest BCUT2D eigenvalue weighted by molar-refractivity contribution is -0.123. The summed E-state index contributed by atoms with van der Waals surface area (Å²) in [7, 11) is 3.06. The van der Waals surface area contributed by atoms with Crippen molar-refractivity contribution in [3.63, 3.8) is 0 Å². The highest BCUT2D eigenvalue weighted by Gasteiger charge is 2.28. The van der Waals surface area contributed by atoms with Crippen molar-refractivity contribution in [2.75, 3.05) is 37.6 Å². The highest BCUT2D eigenvalue weighted by atomic mass is 32.1. The summed E-state index contributed by atoms with van der Waals surface area (Å²) in [5.41, 5.74) is 2.76. The van der Waals surface area contributed by atoms with Gasteiger partial charge in [0.15, 0.2) is 6.61 Å². The second-order valence-electron chi connectivity index (χ2n) is 7.20. The molecule has 0 aliphatic carbocycles. The number of benzene rings is 2. The molecule has 1 N–H and O–H groups in total. The van der Waals surface area contributed by atoms with E-state index in [9.17, 15) is 9.59 Å². The number of nitrogens with one attached hydrogen (secondary N) is 1. The van der Waals surface area contributed by atoms with E-state index in [0.29, 0.717) is 28.6 Å². The lowest BCUT2D eigenvalue weighted by atomic mass is 10.1. The summed E-state index contributed by atoms with van der Waals surface area (Å²) in [6.45, 7) is 3.67. The van der Waals surface area contributed by atoms with Crippen molar-refractivity contribution >= 4 is 34.5 Å². The summed E-state index contributed by atoms with van der Waals surface area (Å²) in [4.78, 5) is 32.6. The van der Waals surface area contributed by atoms with Gasteiger partial charge in [-0.05, 0) is 44.2 Å². The first kappa shape index (κ1) is 21.6. The van der Waals surface area contributed by atoms with Crippen LogP contribution in [0.15, 0.2) is 36.4 Å². The van der Waals surface area contributed by atoms with Crippen LogP contribution >= 0.6 is 11.3 Å². The van der Waals surface area contributed by atoms with E-state index in [1.165, 1.54) is 12.0 Å². The van der Waals surface area contributed by atoms with E-state index in [-0.39, 0.29) is 25.0 Å². The Morgan fingerprint density at radius 1 is 1.19 bits per heavy atom. The van der Waals surface area contributed by atoms with Crippen molar-refractivity contribution in [1.29, 1.82) is 0 Å². The van der Waals surface area contributed by atoms with Crippen LogP contribution in [0.5, 0.6) is 17.2 Å². The van der Waals surface area contributed by atoms with E-state index in [0.717, 1.165) is 21.1 Å². The first-order chi connectivity index (χ1) is 15.4. The van der Waals surface area contributed by atoms with Crippen LogP contribution < -0.4 is 24.4 Å². The van der Waals surface area contributed by atoms with Gasteiger partial charge in [-0.3, -0.25) is 14.5 Å². The molecule has 8 nitrogen and oxygen atoms in total. The van der Waals surface area contributed by atoms with Gasteiger partial charge in [0, 0.05) is 16.5 Å². The number of rotatable bonds is 6. The highest BCUT2D eigenvalue weighted by Crippen LogP contribution is 2.37. The van der Waals surface area contributed by atoms with E-state index in [1.807, 2.05) is 32.0 Å². The number of hydrogen-bond donors (Lipinski definition) is 1. The maximum absolute atomic E-state index is 12.8. The third-order valence-corrected chi connectivity index (χ3v) is 5.95. The zero-order valence-corrected chi connectivity index (χ0v) is 19.0. The van der Waals surface area contributed by atoms with Crippen LogP contribution in [0.25, 0.3) is 11.3 Å². The van der Waals surface area contributed by atoms with Crippen molar-refractivity contribution in [2.24, 2.45) is 0 Å². The van der Waals surface area contributed by atoms with Crippen LogP contribution in [-0.4, -0.2) is 44.2 Å². The maximum Gasteiger partial charge on any atom is 0.265 e. The van der Waals surface area contributed by atoms with Gasteiger partial charge in [0.1, 0.15) is 23.8 Å². The molecular weight excluding hydrogens is 430 g/mol. The molecule has 0 unspecified atom stereocenters. The molecule has 1 aliphatic heterocycles. The SMILES string of the molecule is COc1ccc(NC(=O)CN2C(=O)COc3ccc(-c4nc(C)sc4C)cc32)c(OC)c1. The Morgan fingerprint density at radius 3 is 2.69 bits per heavy atom. The zero-order chi connectivity index (χ0) is 22.8. The molecule has 9 heteroatoms. The largest absolute Gasteiger partial charge is 0.497 e. The van der Waals surface area contributed by atoms with Gasteiger partial charge in [-0.15, -0.1) is 11.3 Å². The number of thiazole rings is 1. The molecule has 0 spiro atoms. The molecule has 0 saturated carbocycles. The Hall–Kier alpha value is -3.59. The number of ether oxygens (including phenoxy) is 3. The molecule has 0 fully saturated rings. The summed E-state index contributed by atoms with van der Waals surface area (Å²) < 4.78 is 16.1. The Labute approximate surface area is 189 Å². The maximum atomic E-state index is 12.8. The van der Waals surface area contributed by atoms with Crippen LogP contribution in [0, 0.1) is 13.8 Å². The molecule has 2 aromatic carbocycles. The lowest BCUT2D eigenvalue weighted by Crippen LogP contribution is -2.43. The minimum atomic E-state index is -0.360. The Morgan fingerprint density at radius 2 is 2.00 bits per heavy atom. The van der Waals surface area contributed by atoms with E-state index < -0.39 is 0 Å². The average molecular weight is 454 g/mol. The Kier molecular flexibility index (Phi) is 6.00. The summed E-state index contributed by atoms with van der Waals surface area (Å²) in [5.74, 6) is 0.964. The van der Waals surface area contributed by atoms with Crippen molar-refractivity contribution in [3.05, 3.63) is 46.3 Å². The first-order valence-corrected chi connectivity index (χ1v) is 10.7. The molecule has 4 rings (SSSR count). The third-order valence-electron chi connectivity index (χ3n) is 5.06. The zero-order valence-electron chi connectivity index (χ0n) is 18.2. The highest BCUT2D eigenvalue weighted by molar-refractivity contribution is 7.11. The number of carbonyl (C=O) groups excluding carboxylic acids is 2.